The number of hydrogen-bond acceptors (Lipinski definition) is 4. The molecule has 1 aliphatic carbocycles. The molecule has 1 fully saturated rings. The monoisotopic (exact) mass is 344 g/mol. The van der Waals surface area contributed by atoms with Crippen LogP contribution in [0.1, 0.15) is 47.5 Å². The number of ether oxygens (including phenoxy) is 1. The predicted molar refractivity (Wildman–Crippen MR) is 95.7 cm³/mol. The molecule has 1 rings (SSSR count). The van der Waals surface area contributed by atoms with Crippen molar-refractivity contribution in [2.45, 2.75) is 71.7 Å². The van der Waals surface area contributed by atoms with E-state index in [2.05, 4.69) is 40.8 Å². The Morgan fingerprint density at radius 1 is 1.30 bits per heavy atom. The van der Waals surface area contributed by atoms with Crippen LogP contribution in [0.4, 0.5) is 0 Å². The summed E-state index contributed by atoms with van der Waals surface area (Å²) in [7, 11) is -0.388. The van der Waals surface area contributed by atoms with E-state index in [-0.39, 0.29) is 28.8 Å². The predicted octanol–water partition coefficient (Wildman–Crippen LogP) is 3.84. The number of carbonyl (C=O) groups excluding carboxylic acids is 1. The van der Waals surface area contributed by atoms with Gasteiger partial charge in [-0.05, 0) is 48.7 Å². The maximum Gasteiger partial charge on any atom is 0.311 e. The van der Waals surface area contributed by atoms with Crippen molar-refractivity contribution >= 4 is 14.3 Å². The minimum Gasteiger partial charge on any atom is -0.469 e. The summed E-state index contributed by atoms with van der Waals surface area (Å²) in [6, 6.07) is 0. The van der Waals surface area contributed by atoms with Crippen LogP contribution in [-0.4, -0.2) is 39.2 Å². The number of hydrogen-bond donors (Lipinski definition) is 1. The Balaban J connectivity index is 2.73. The second-order valence-electron chi connectivity index (χ2n) is 8.81. The van der Waals surface area contributed by atoms with Crippen molar-refractivity contribution in [1.82, 2.24) is 0 Å². The van der Waals surface area contributed by atoms with Crippen molar-refractivity contribution < 1.29 is 19.1 Å². The topological polar surface area (TPSA) is 55.8 Å². The lowest BCUT2D eigenvalue weighted by Crippen LogP contribution is -2.47. The molecule has 0 aromatic rings. The van der Waals surface area contributed by atoms with Gasteiger partial charge < -0.3 is 14.3 Å². The van der Waals surface area contributed by atoms with E-state index in [1.807, 2.05) is 6.92 Å². The second-order valence-corrected chi connectivity index (χ2v) is 13.6. The smallest absolute Gasteiger partial charge is 0.311 e. The molecule has 1 saturated carbocycles. The summed E-state index contributed by atoms with van der Waals surface area (Å²) in [6.45, 7) is 16.0. The highest BCUT2D eigenvalue weighted by Crippen LogP contribution is 2.40. The van der Waals surface area contributed by atoms with Crippen LogP contribution in [0, 0.1) is 23.7 Å². The fourth-order valence-electron chi connectivity index (χ4n) is 3.22. The standard InChI is InChI=1S/C18H36O4Si/c1-12-9-10-14(16(19)15(12)17(20)21-6)13(2)11-22-23(7,8)18(3,4)5/h12-16,19H,9-11H2,1-8H3/t12-,13-,14+,15?,16?/m0/s1. The van der Waals surface area contributed by atoms with Gasteiger partial charge in [-0.1, -0.05) is 34.6 Å². The highest BCUT2D eigenvalue weighted by atomic mass is 28.4. The first-order chi connectivity index (χ1) is 10.4. The van der Waals surface area contributed by atoms with Crippen LogP contribution in [0.2, 0.25) is 18.1 Å². The molecule has 0 radical (unpaired) electrons. The Bertz CT molecular complexity index is 402. The zero-order valence-electron chi connectivity index (χ0n) is 16.2. The van der Waals surface area contributed by atoms with Crippen LogP contribution in [0.15, 0.2) is 0 Å². The number of carbonyl (C=O) groups is 1. The Labute approximate surface area is 143 Å². The molecule has 0 spiro atoms. The minimum atomic E-state index is -1.79. The summed E-state index contributed by atoms with van der Waals surface area (Å²) in [5.74, 6) is -0.192. The molecule has 0 aliphatic heterocycles. The van der Waals surface area contributed by atoms with E-state index < -0.39 is 20.3 Å². The molecule has 0 aromatic carbocycles. The van der Waals surface area contributed by atoms with Crippen LogP contribution in [-0.2, 0) is 14.0 Å². The van der Waals surface area contributed by atoms with E-state index in [1.165, 1.54) is 7.11 Å². The molecule has 23 heavy (non-hydrogen) atoms. The van der Waals surface area contributed by atoms with Crippen LogP contribution in [0.25, 0.3) is 0 Å². The lowest BCUT2D eigenvalue weighted by molar-refractivity contribution is -0.158. The van der Waals surface area contributed by atoms with Crippen molar-refractivity contribution in [3.63, 3.8) is 0 Å². The number of methoxy groups -OCH3 is 1. The fraction of sp³-hybridized carbons (Fsp3) is 0.944. The average molecular weight is 345 g/mol. The van der Waals surface area contributed by atoms with Gasteiger partial charge in [0.25, 0.3) is 0 Å². The van der Waals surface area contributed by atoms with Gasteiger partial charge in [-0.25, -0.2) is 0 Å². The van der Waals surface area contributed by atoms with E-state index in [1.54, 1.807) is 0 Å². The number of aliphatic hydroxyl groups is 1. The van der Waals surface area contributed by atoms with Crippen LogP contribution in [0.3, 0.4) is 0 Å². The Morgan fingerprint density at radius 3 is 2.35 bits per heavy atom. The highest BCUT2D eigenvalue weighted by molar-refractivity contribution is 6.74. The van der Waals surface area contributed by atoms with Gasteiger partial charge in [0.15, 0.2) is 8.32 Å². The minimum absolute atomic E-state index is 0.0973. The lowest BCUT2D eigenvalue weighted by atomic mass is 9.69. The van der Waals surface area contributed by atoms with Crippen molar-refractivity contribution in [3.8, 4) is 0 Å². The molecule has 5 atom stereocenters. The summed E-state index contributed by atoms with van der Waals surface area (Å²) in [5, 5.41) is 10.9. The zero-order chi connectivity index (χ0) is 18.0. The van der Waals surface area contributed by atoms with Gasteiger partial charge in [0.05, 0.1) is 19.1 Å². The molecule has 0 aromatic heterocycles. The highest BCUT2D eigenvalue weighted by Gasteiger charge is 2.44. The van der Waals surface area contributed by atoms with Gasteiger partial charge in [-0.15, -0.1) is 0 Å². The molecule has 0 saturated heterocycles. The molecule has 0 heterocycles. The first-order valence-corrected chi connectivity index (χ1v) is 11.7. The molecule has 0 bridgehead atoms. The Kier molecular flexibility index (Phi) is 6.88. The van der Waals surface area contributed by atoms with Crippen molar-refractivity contribution in [2.24, 2.45) is 23.7 Å². The quantitative estimate of drug-likeness (QED) is 0.608. The summed E-state index contributed by atoms with van der Waals surface area (Å²) in [4.78, 5) is 12.0. The van der Waals surface area contributed by atoms with Gasteiger partial charge in [0.2, 0.25) is 0 Å². The second kappa shape index (κ2) is 7.66. The van der Waals surface area contributed by atoms with Gasteiger partial charge in [-0.2, -0.15) is 0 Å². The third-order valence-corrected chi connectivity index (χ3v) is 10.6. The number of esters is 1. The van der Waals surface area contributed by atoms with E-state index in [4.69, 9.17) is 9.16 Å². The summed E-state index contributed by atoms with van der Waals surface area (Å²) in [5.41, 5.74) is 0. The molecular weight excluding hydrogens is 308 g/mol. The first-order valence-electron chi connectivity index (χ1n) is 8.82. The van der Waals surface area contributed by atoms with Gasteiger partial charge in [0, 0.05) is 6.61 Å². The molecular formula is C18H36O4Si. The van der Waals surface area contributed by atoms with Crippen LogP contribution >= 0.6 is 0 Å². The number of rotatable bonds is 5. The van der Waals surface area contributed by atoms with E-state index in [9.17, 15) is 9.90 Å². The molecule has 1 N–H and O–H groups in total. The molecule has 0 amide bonds. The maximum atomic E-state index is 12.0. The van der Waals surface area contributed by atoms with Crippen LogP contribution < -0.4 is 0 Å². The third-order valence-electron chi connectivity index (χ3n) is 6.09. The largest absolute Gasteiger partial charge is 0.469 e. The molecule has 1 aliphatic rings. The van der Waals surface area contributed by atoms with Crippen LogP contribution in [0.5, 0.6) is 0 Å². The van der Waals surface area contributed by atoms with Crippen molar-refractivity contribution in [3.05, 3.63) is 0 Å². The van der Waals surface area contributed by atoms with Crippen molar-refractivity contribution in [2.75, 3.05) is 13.7 Å². The summed E-state index contributed by atoms with van der Waals surface area (Å²) < 4.78 is 11.2. The van der Waals surface area contributed by atoms with Gasteiger partial charge in [0.1, 0.15) is 0 Å². The molecule has 5 heteroatoms. The Morgan fingerprint density at radius 2 is 1.87 bits per heavy atom. The summed E-state index contributed by atoms with van der Waals surface area (Å²) in [6.07, 6.45) is 1.26. The van der Waals surface area contributed by atoms with E-state index >= 15 is 0 Å². The molecule has 2 unspecified atom stereocenters. The first kappa shape index (κ1) is 20.7. The van der Waals surface area contributed by atoms with E-state index in [0.29, 0.717) is 6.61 Å². The SMILES string of the molecule is COC(=O)C1C(O)[C@@H]([C@@H](C)CO[Si](C)(C)C(C)(C)C)CC[C@@H]1C. The normalized spacial score (nSPS) is 30.8. The maximum absolute atomic E-state index is 12.0. The van der Waals surface area contributed by atoms with E-state index in [0.717, 1.165) is 12.8 Å². The molecule has 4 nitrogen and oxygen atoms in total. The fourth-order valence-corrected chi connectivity index (χ4v) is 4.33. The Hall–Kier alpha value is -0.393. The average Bonchev–Trinajstić information content (AvgIpc) is 2.43. The lowest BCUT2D eigenvalue weighted by Gasteiger charge is -2.42. The van der Waals surface area contributed by atoms with Gasteiger partial charge >= 0.3 is 5.97 Å². The number of aliphatic hydroxyl groups excluding tert-OH is 1. The zero-order valence-corrected chi connectivity index (χ0v) is 17.2. The third kappa shape index (κ3) is 4.80. The summed E-state index contributed by atoms with van der Waals surface area (Å²) >= 11 is 0. The molecule has 136 valence electrons. The van der Waals surface area contributed by atoms with Gasteiger partial charge in [-0.3, -0.25) is 4.79 Å². The van der Waals surface area contributed by atoms with Crippen molar-refractivity contribution in [1.29, 1.82) is 0 Å².